The maximum Gasteiger partial charge on any atom is 0.269 e. The number of ketones is 1. The first-order valence-electron chi connectivity index (χ1n) is 7.91. The second-order valence-corrected chi connectivity index (χ2v) is 8.77. The number of carbonyl (C=O) groups excluding carboxylic acids is 1. The maximum atomic E-state index is 12.6. The SMILES string of the molecule is CC1(C)C2CCC1(C=C(CS(=O)(=O)O)c1ccccc1)C(=O)C2. The quantitative estimate of drug-likeness (QED) is 0.857. The van der Waals surface area contributed by atoms with Crippen LogP contribution in [0.1, 0.15) is 38.7 Å². The number of fused-ring (bicyclic) bond motifs is 2. The van der Waals surface area contributed by atoms with Crippen molar-refractivity contribution < 1.29 is 17.8 Å². The van der Waals surface area contributed by atoms with E-state index >= 15 is 0 Å². The molecule has 2 aliphatic carbocycles. The molecule has 2 fully saturated rings. The zero-order valence-electron chi connectivity index (χ0n) is 13.5. The Hall–Kier alpha value is -1.46. The molecule has 0 saturated heterocycles. The molecule has 1 aromatic rings. The molecule has 1 N–H and O–H groups in total. The van der Waals surface area contributed by atoms with Crippen molar-refractivity contribution in [2.75, 3.05) is 5.75 Å². The summed E-state index contributed by atoms with van der Waals surface area (Å²) < 4.78 is 32.3. The normalized spacial score (nSPS) is 30.0. The van der Waals surface area contributed by atoms with Crippen LogP contribution in [0.4, 0.5) is 0 Å². The lowest BCUT2D eigenvalue weighted by molar-refractivity contribution is -0.126. The molecule has 0 aromatic heterocycles. The molecule has 0 amide bonds. The highest BCUT2D eigenvalue weighted by Crippen LogP contribution is 2.65. The summed E-state index contributed by atoms with van der Waals surface area (Å²) in [5, 5.41) is 0. The van der Waals surface area contributed by atoms with Crippen molar-refractivity contribution in [2.24, 2.45) is 16.7 Å². The fraction of sp³-hybridized carbons (Fsp3) is 0.500. The van der Waals surface area contributed by atoms with Gasteiger partial charge in [0.05, 0.1) is 5.41 Å². The van der Waals surface area contributed by atoms with Gasteiger partial charge in [0.2, 0.25) is 0 Å². The Bertz CT molecular complexity index is 761. The van der Waals surface area contributed by atoms with Gasteiger partial charge in [0.15, 0.2) is 0 Å². The lowest BCUT2D eigenvalue weighted by atomic mass is 9.68. The third kappa shape index (κ3) is 2.66. The average molecular weight is 334 g/mol. The van der Waals surface area contributed by atoms with Crippen LogP contribution in [0.3, 0.4) is 0 Å². The molecule has 0 aliphatic heterocycles. The molecule has 4 nitrogen and oxygen atoms in total. The summed E-state index contributed by atoms with van der Waals surface area (Å²) in [6.07, 6.45) is 4.15. The highest BCUT2D eigenvalue weighted by atomic mass is 32.2. The first-order chi connectivity index (χ1) is 10.7. The van der Waals surface area contributed by atoms with E-state index < -0.39 is 21.3 Å². The smallest absolute Gasteiger partial charge is 0.269 e. The van der Waals surface area contributed by atoms with Crippen molar-refractivity contribution >= 4 is 21.5 Å². The average Bonchev–Trinajstić information content (AvgIpc) is 2.80. The fourth-order valence-corrected chi connectivity index (χ4v) is 5.05. The molecule has 124 valence electrons. The number of hydrogen-bond acceptors (Lipinski definition) is 3. The van der Waals surface area contributed by atoms with Gasteiger partial charge in [-0.25, -0.2) is 0 Å². The van der Waals surface area contributed by atoms with Crippen molar-refractivity contribution in [1.29, 1.82) is 0 Å². The van der Waals surface area contributed by atoms with Crippen molar-refractivity contribution in [2.45, 2.75) is 33.1 Å². The highest BCUT2D eigenvalue weighted by Gasteiger charge is 2.63. The first-order valence-corrected chi connectivity index (χ1v) is 9.52. The Labute approximate surface area is 137 Å². The molecule has 0 spiro atoms. The summed E-state index contributed by atoms with van der Waals surface area (Å²) in [6, 6.07) is 9.12. The van der Waals surface area contributed by atoms with Gasteiger partial charge >= 0.3 is 0 Å². The molecule has 2 bridgehead atoms. The van der Waals surface area contributed by atoms with Gasteiger partial charge in [-0.15, -0.1) is 0 Å². The molecular weight excluding hydrogens is 312 g/mol. The molecule has 0 radical (unpaired) electrons. The van der Waals surface area contributed by atoms with E-state index in [4.69, 9.17) is 0 Å². The van der Waals surface area contributed by atoms with Crippen LogP contribution in [-0.2, 0) is 14.9 Å². The van der Waals surface area contributed by atoms with E-state index in [1.165, 1.54) is 0 Å². The van der Waals surface area contributed by atoms with Crippen molar-refractivity contribution in [3.05, 3.63) is 42.0 Å². The Kier molecular flexibility index (Phi) is 3.76. The first kappa shape index (κ1) is 16.4. The highest BCUT2D eigenvalue weighted by molar-refractivity contribution is 7.86. The summed E-state index contributed by atoms with van der Waals surface area (Å²) in [4.78, 5) is 12.6. The van der Waals surface area contributed by atoms with E-state index in [0.717, 1.165) is 18.4 Å². The summed E-state index contributed by atoms with van der Waals surface area (Å²) in [5.74, 6) is 0.0869. The molecule has 2 saturated carbocycles. The molecular formula is C18H22O4S. The second-order valence-electron chi connectivity index (χ2n) is 7.32. The molecule has 1 aromatic carbocycles. The molecule has 3 rings (SSSR count). The zero-order valence-corrected chi connectivity index (χ0v) is 14.3. The number of hydrogen-bond donors (Lipinski definition) is 1. The number of carbonyl (C=O) groups is 1. The minimum absolute atomic E-state index is 0.177. The van der Waals surface area contributed by atoms with Gasteiger partial charge in [0.1, 0.15) is 11.5 Å². The molecule has 2 atom stereocenters. The minimum atomic E-state index is -4.17. The second kappa shape index (κ2) is 5.28. The summed E-state index contributed by atoms with van der Waals surface area (Å²) in [5.41, 5.74) is 0.451. The van der Waals surface area contributed by atoms with Crippen LogP contribution in [0.25, 0.3) is 5.57 Å². The predicted molar refractivity (Wildman–Crippen MR) is 89.4 cm³/mol. The summed E-state index contributed by atoms with van der Waals surface area (Å²) in [7, 11) is -4.17. The van der Waals surface area contributed by atoms with Crippen LogP contribution in [0.5, 0.6) is 0 Å². The van der Waals surface area contributed by atoms with Gasteiger partial charge < -0.3 is 0 Å². The number of allylic oxidation sites excluding steroid dienone is 1. The Morgan fingerprint density at radius 1 is 1.30 bits per heavy atom. The van der Waals surface area contributed by atoms with E-state index in [9.17, 15) is 17.8 Å². The molecule has 2 unspecified atom stereocenters. The van der Waals surface area contributed by atoms with Gasteiger partial charge in [-0.2, -0.15) is 8.42 Å². The van der Waals surface area contributed by atoms with E-state index in [1.807, 2.05) is 36.4 Å². The lowest BCUT2D eigenvalue weighted by Gasteiger charge is -2.34. The van der Waals surface area contributed by atoms with Gasteiger partial charge in [-0.05, 0) is 35.3 Å². The number of rotatable bonds is 4. The van der Waals surface area contributed by atoms with Crippen LogP contribution in [0.15, 0.2) is 36.4 Å². The van der Waals surface area contributed by atoms with Gasteiger partial charge in [0, 0.05) is 6.42 Å². The molecule has 0 heterocycles. The Morgan fingerprint density at radius 2 is 1.96 bits per heavy atom. The van der Waals surface area contributed by atoms with Crippen LogP contribution in [0.2, 0.25) is 0 Å². The lowest BCUT2D eigenvalue weighted by Crippen LogP contribution is -2.34. The number of Topliss-reactive ketones (excluding diaryl/α,β-unsaturated/α-hetero) is 1. The monoisotopic (exact) mass is 334 g/mol. The largest absolute Gasteiger partial charge is 0.299 e. The number of benzene rings is 1. The van der Waals surface area contributed by atoms with Crippen molar-refractivity contribution in [3.63, 3.8) is 0 Å². The zero-order chi connectivity index (χ0) is 16.9. The molecule has 5 heteroatoms. The maximum absolute atomic E-state index is 12.6. The van der Waals surface area contributed by atoms with Crippen LogP contribution in [-0.4, -0.2) is 24.5 Å². The van der Waals surface area contributed by atoms with E-state index in [1.54, 1.807) is 0 Å². The third-order valence-corrected chi connectivity index (χ3v) is 6.57. The summed E-state index contributed by atoms with van der Waals surface area (Å²) in [6.45, 7) is 4.20. The van der Waals surface area contributed by atoms with Crippen LogP contribution < -0.4 is 0 Å². The molecule has 23 heavy (non-hydrogen) atoms. The minimum Gasteiger partial charge on any atom is -0.299 e. The topological polar surface area (TPSA) is 71.4 Å². The fourth-order valence-electron chi connectivity index (χ4n) is 4.40. The van der Waals surface area contributed by atoms with Crippen LogP contribution >= 0.6 is 0 Å². The Morgan fingerprint density at radius 3 is 2.43 bits per heavy atom. The van der Waals surface area contributed by atoms with E-state index in [0.29, 0.717) is 17.9 Å². The third-order valence-electron chi connectivity index (χ3n) is 5.89. The van der Waals surface area contributed by atoms with Gasteiger partial charge in [0.25, 0.3) is 10.1 Å². The summed E-state index contributed by atoms with van der Waals surface area (Å²) >= 11 is 0. The van der Waals surface area contributed by atoms with Gasteiger partial charge in [-0.3, -0.25) is 9.35 Å². The van der Waals surface area contributed by atoms with Gasteiger partial charge in [-0.1, -0.05) is 50.3 Å². The van der Waals surface area contributed by atoms with E-state index in [-0.39, 0.29) is 11.2 Å². The van der Waals surface area contributed by atoms with Crippen LogP contribution in [0, 0.1) is 16.7 Å². The Balaban J connectivity index is 2.13. The van der Waals surface area contributed by atoms with Crippen molar-refractivity contribution in [3.8, 4) is 0 Å². The standard InChI is InChI=1S/C18H22O4S/c1-17(2)15-8-9-18(17,16(19)10-15)11-14(12-23(20,21)22)13-6-4-3-5-7-13/h3-7,11,15H,8-10,12H2,1-2H3,(H,20,21,22). The predicted octanol–water partition coefficient (Wildman–Crippen LogP) is 3.35. The van der Waals surface area contributed by atoms with E-state index in [2.05, 4.69) is 13.8 Å². The van der Waals surface area contributed by atoms with Crippen molar-refractivity contribution in [1.82, 2.24) is 0 Å². The molecule has 2 aliphatic rings.